The second-order valence-electron chi connectivity index (χ2n) is 8.45. The van der Waals surface area contributed by atoms with Crippen LogP contribution in [0.25, 0.3) is 0 Å². The molecule has 2 unspecified atom stereocenters. The number of guanidine groups is 1. The SMILES string of the molecule is CCN1CCN(C(C)CNC(=NC)NCC(Cc2ccccc2)c2ccccc2)CC1. The lowest BCUT2D eigenvalue weighted by molar-refractivity contribution is 0.107. The largest absolute Gasteiger partial charge is 0.356 e. The topological polar surface area (TPSA) is 42.9 Å². The molecule has 1 heterocycles. The van der Waals surface area contributed by atoms with Crippen LogP contribution in [0.3, 0.4) is 0 Å². The van der Waals surface area contributed by atoms with Crippen molar-refractivity contribution in [2.75, 3.05) is 52.9 Å². The van der Waals surface area contributed by atoms with Crippen molar-refractivity contribution in [1.82, 2.24) is 20.4 Å². The molecule has 0 aliphatic carbocycles. The highest BCUT2D eigenvalue weighted by atomic mass is 15.3. The number of nitrogens with one attached hydrogen (secondary N) is 2. The van der Waals surface area contributed by atoms with E-state index in [2.05, 4.69) is 99.9 Å². The van der Waals surface area contributed by atoms with Gasteiger partial charge in [0.25, 0.3) is 0 Å². The molecule has 0 spiro atoms. The van der Waals surface area contributed by atoms with Gasteiger partial charge in [-0.05, 0) is 31.0 Å². The van der Waals surface area contributed by atoms with E-state index in [1.54, 1.807) is 0 Å². The summed E-state index contributed by atoms with van der Waals surface area (Å²) in [6.45, 7) is 12.1. The van der Waals surface area contributed by atoms with Gasteiger partial charge >= 0.3 is 0 Å². The Morgan fingerprint density at radius 3 is 2.13 bits per heavy atom. The summed E-state index contributed by atoms with van der Waals surface area (Å²) in [5.41, 5.74) is 2.72. The van der Waals surface area contributed by atoms with Gasteiger partial charge < -0.3 is 15.5 Å². The molecule has 168 valence electrons. The molecule has 1 fully saturated rings. The summed E-state index contributed by atoms with van der Waals surface area (Å²) in [4.78, 5) is 9.57. The first-order chi connectivity index (χ1) is 15.2. The van der Waals surface area contributed by atoms with Gasteiger partial charge in [0.05, 0.1) is 0 Å². The molecule has 0 amide bonds. The first-order valence-electron chi connectivity index (χ1n) is 11.7. The standard InChI is InChI=1S/C26H39N5/c1-4-30-15-17-31(18-16-30)22(2)20-28-26(27-3)29-21-25(24-13-9-6-10-14-24)19-23-11-7-5-8-12-23/h5-14,22,25H,4,15-21H2,1-3H3,(H2,27,28,29). The fraction of sp³-hybridized carbons (Fsp3) is 0.500. The fourth-order valence-electron chi connectivity index (χ4n) is 4.27. The number of benzene rings is 2. The quantitative estimate of drug-likeness (QED) is 0.482. The van der Waals surface area contributed by atoms with Crippen molar-refractivity contribution in [2.45, 2.75) is 32.2 Å². The van der Waals surface area contributed by atoms with E-state index in [4.69, 9.17) is 0 Å². The maximum absolute atomic E-state index is 4.47. The van der Waals surface area contributed by atoms with E-state index in [1.165, 1.54) is 24.2 Å². The fourth-order valence-corrected chi connectivity index (χ4v) is 4.27. The van der Waals surface area contributed by atoms with Gasteiger partial charge in [0, 0.05) is 58.3 Å². The van der Waals surface area contributed by atoms with E-state index < -0.39 is 0 Å². The lowest BCUT2D eigenvalue weighted by Crippen LogP contribution is -2.53. The lowest BCUT2D eigenvalue weighted by atomic mass is 9.92. The van der Waals surface area contributed by atoms with Crippen LogP contribution in [-0.4, -0.2) is 74.7 Å². The summed E-state index contributed by atoms with van der Waals surface area (Å²) < 4.78 is 0. The van der Waals surface area contributed by atoms with Crippen molar-refractivity contribution >= 4 is 5.96 Å². The third-order valence-electron chi connectivity index (χ3n) is 6.38. The number of likely N-dealkylation sites (N-methyl/N-ethyl adjacent to an activating group) is 1. The second kappa shape index (κ2) is 12.5. The Labute approximate surface area is 188 Å². The van der Waals surface area contributed by atoms with E-state index >= 15 is 0 Å². The Balaban J connectivity index is 1.52. The van der Waals surface area contributed by atoms with Gasteiger partial charge in [-0.3, -0.25) is 9.89 Å². The van der Waals surface area contributed by atoms with Gasteiger partial charge in [-0.2, -0.15) is 0 Å². The number of hydrogen-bond donors (Lipinski definition) is 2. The molecule has 0 aromatic heterocycles. The number of aliphatic imine (C=N–C) groups is 1. The minimum absolute atomic E-state index is 0.390. The molecule has 0 bridgehead atoms. The van der Waals surface area contributed by atoms with Crippen LogP contribution in [-0.2, 0) is 6.42 Å². The third kappa shape index (κ3) is 7.37. The van der Waals surface area contributed by atoms with Crippen LogP contribution in [0.1, 0.15) is 30.9 Å². The summed E-state index contributed by atoms with van der Waals surface area (Å²) in [6, 6.07) is 22.0. The molecule has 2 aromatic rings. The van der Waals surface area contributed by atoms with Crippen molar-refractivity contribution < 1.29 is 0 Å². The van der Waals surface area contributed by atoms with Crippen molar-refractivity contribution in [2.24, 2.45) is 4.99 Å². The van der Waals surface area contributed by atoms with Gasteiger partial charge in [0.1, 0.15) is 0 Å². The molecule has 0 radical (unpaired) electrons. The van der Waals surface area contributed by atoms with Crippen LogP contribution in [0.15, 0.2) is 65.7 Å². The van der Waals surface area contributed by atoms with E-state index in [1.807, 2.05) is 7.05 Å². The smallest absolute Gasteiger partial charge is 0.191 e. The van der Waals surface area contributed by atoms with E-state index in [-0.39, 0.29) is 0 Å². The molecule has 1 aliphatic heterocycles. The van der Waals surface area contributed by atoms with Crippen molar-refractivity contribution in [3.63, 3.8) is 0 Å². The van der Waals surface area contributed by atoms with Crippen LogP contribution >= 0.6 is 0 Å². The zero-order valence-corrected chi connectivity index (χ0v) is 19.4. The molecule has 1 aliphatic rings. The second-order valence-corrected chi connectivity index (χ2v) is 8.45. The summed E-state index contributed by atoms with van der Waals surface area (Å²) in [6.07, 6.45) is 1.01. The first kappa shape index (κ1) is 23.3. The van der Waals surface area contributed by atoms with Crippen LogP contribution in [0, 0.1) is 0 Å². The zero-order valence-electron chi connectivity index (χ0n) is 19.4. The van der Waals surface area contributed by atoms with Crippen LogP contribution < -0.4 is 10.6 Å². The predicted molar refractivity (Wildman–Crippen MR) is 132 cm³/mol. The third-order valence-corrected chi connectivity index (χ3v) is 6.38. The first-order valence-corrected chi connectivity index (χ1v) is 11.7. The molecular weight excluding hydrogens is 382 g/mol. The van der Waals surface area contributed by atoms with Gasteiger partial charge in [-0.1, -0.05) is 67.6 Å². The Morgan fingerprint density at radius 1 is 0.903 bits per heavy atom. The minimum atomic E-state index is 0.390. The Morgan fingerprint density at radius 2 is 1.52 bits per heavy atom. The predicted octanol–water partition coefficient (Wildman–Crippen LogP) is 3.20. The van der Waals surface area contributed by atoms with Crippen molar-refractivity contribution in [3.8, 4) is 0 Å². The highest BCUT2D eigenvalue weighted by Gasteiger charge is 2.20. The van der Waals surface area contributed by atoms with E-state index in [9.17, 15) is 0 Å². The number of piperazine rings is 1. The number of rotatable bonds is 9. The molecular formula is C26H39N5. The molecule has 3 rings (SSSR count). The molecule has 1 saturated heterocycles. The molecule has 2 aromatic carbocycles. The highest BCUT2D eigenvalue weighted by molar-refractivity contribution is 5.79. The molecule has 2 N–H and O–H groups in total. The molecule has 5 heteroatoms. The summed E-state index contributed by atoms with van der Waals surface area (Å²) in [5, 5.41) is 7.12. The van der Waals surface area contributed by atoms with Gasteiger partial charge in [-0.25, -0.2) is 0 Å². The monoisotopic (exact) mass is 421 g/mol. The maximum Gasteiger partial charge on any atom is 0.191 e. The molecule has 0 saturated carbocycles. The zero-order chi connectivity index (χ0) is 21.9. The van der Waals surface area contributed by atoms with Gasteiger partial charge in [-0.15, -0.1) is 0 Å². The Hall–Kier alpha value is -2.37. The summed E-state index contributed by atoms with van der Waals surface area (Å²) in [7, 11) is 1.86. The van der Waals surface area contributed by atoms with Crippen LogP contribution in [0.2, 0.25) is 0 Å². The van der Waals surface area contributed by atoms with E-state index in [0.29, 0.717) is 12.0 Å². The van der Waals surface area contributed by atoms with Crippen LogP contribution in [0.4, 0.5) is 0 Å². The van der Waals surface area contributed by atoms with Gasteiger partial charge in [0.15, 0.2) is 5.96 Å². The Kier molecular flexibility index (Phi) is 9.38. The molecule has 5 nitrogen and oxygen atoms in total. The highest BCUT2D eigenvalue weighted by Crippen LogP contribution is 2.20. The van der Waals surface area contributed by atoms with Gasteiger partial charge in [0.2, 0.25) is 0 Å². The lowest BCUT2D eigenvalue weighted by Gasteiger charge is -2.37. The molecule has 31 heavy (non-hydrogen) atoms. The van der Waals surface area contributed by atoms with Crippen molar-refractivity contribution in [1.29, 1.82) is 0 Å². The summed E-state index contributed by atoms with van der Waals surface area (Å²) >= 11 is 0. The normalized spacial score (nSPS) is 17.8. The summed E-state index contributed by atoms with van der Waals surface area (Å²) in [5.74, 6) is 1.27. The van der Waals surface area contributed by atoms with Crippen molar-refractivity contribution in [3.05, 3.63) is 71.8 Å². The maximum atomic E-state index is 4.47. The molecule has 2 atom stereocenters. The average molecular weight is 422 g/mol. The average Bonchev–Trinajstić information content (AvgIpc) is 2.84. The Bertz CT molecular complexity index is 769. The minimum Gasteiger partial charge on any atom is -0.356 e. The van der Waals surface area contributed by atoms with E-state index in [0.717, 1.165) is 45.1 Å². The number of hydrogen-bond acceptors (Lipinski definition) is 3. The number of nitrogens with zero attached hydrogens (tertiary/aromatic N) is 3. The van der Waals surface area contributed by atoms with Crippen LogP contribution in [0.5, 0.6) is 0 Å².